The smallest absolute Gasteiger partial charge is 0.174 e. The first kappa shape index (κ1) is 11.4. The number of halogens is 1. The molecule has 0 radical (unpaired) electrons. The molecule has 4 nitrogen and oxygen atoms in total. The third-order valence-corrected chi connectivity index (χ3v) is 2.95. The van der Waals surface area contributed by atoms with E-state index in [1.807, 2.05) is 0 Å². The van der Waals surface area contributed by atoms with Gasteiger partial charge in [-0.15, -0.1) is 0 Å². The van der Waals surface area contributed by atoms with Gasteiger partial charge < -0.3 is 5.11 Å². The lowest BCUT2D eigenvalue weighted by molar-refractivity contribution is 0.0782. The van der Waals surface area contributed by atoms with Crippen LogP contribution in [-0.4, -0.2) is 14.3 Å². The van der Waals surface area contributed by atoms with Gasteiger partial charge in [0, 0.05) is 16.9 Å². The van der Waals surface area contributed by atoms with Crippen molar-refractivity contribution in [2.24, 2.45) is 0 Å². The Morgan fingerprint density at radius 2 is 2.21 bits per heavy atom. The van der Waals surface area contributed by atoms with E-state index in [0.717, 1.165) is 0 Å². The van der Waals surface area contributed by atoms with E-state index in [9.17, 15) is 9.32 Å². The molecule has 1 rings (SSSR count). The molecular formula is C8H11ClN2O2S. The molecule has 0 saturated carbocycles. The molecule has 14 heavy (non-hydrogen) atoms. The number of nitrogens with one attached hydrogen (secondary N) is 1. The van der Waals surface area contributed by atoms with E-state index in [4.69, 9.17) is 15.5 Å². The Balaban J connectivity index is 3.29. The van der Waals surface area contributed by atoms with Gasteiger partial charge in [-0.3, -0.25) is 0 Å². The quantitative estimate of drug-likeness (QED) is 0.768. The van der Waals surface area contributed by atoms with Crippen molar-refractivity contribution in [3.05, 3.63) is 23.9 Å². The highest BCUT2D eigenvalue weighted by atomic mass is 35.7. The molecule has 0 fully saturated rings. The second-order valence-corrected chi connectivity index (χ2v) is 6.12. The molecule has 78 valence electrons. The van der Waals surface area contributed by atoms with E-state index in [-0.39, 0.29) is 5.03 Å². The maximum absolute atomic E-state index is 11.2. The summed E-state index contributed by atoms with van der Waals surface area (Å²) in [6.45, 7) is 3.18. The number of pyridine rings is 1. The molecule has 1 aromatic heterocycles. The van der Waals surface area contributed by atoms with Crippen molar-refractivity contribution >= 4 is 19.6 Å². The summed E-state index contributed by atoms with van der Waals surface area (Å²) < 4.78 is 18.3. The molecule has 0 aliphatic carbocycles. The number of rotatable bonds is 2. The molecule has 0 aliphatic heterocycles. The van der Waals surface area contributed by atoms with Crippen LogP contribution in [0, 0.1) is 4.78 Å². The fourth-order valence-electron chi connectivity index (χ4n) is 0.934. The van der Waals surface area contributed by atoms with Gasteiger partial charge in [-0.25, -0.2) is 14.0 Å². The van der Waals surface area contributed by atoms with Crippen LogP contribution < -0.4 is 0 Å². The van der Waals surface area contributed by atoms with Crippen LogP contribution in [0.25, 0.3) is 0 Å². The van der Waals surface area contributed by atoms with Crippen molar-refractivity contribution in [1.29, 1.82) is 4.78 Å². The molecule has 2 N–H and O–H groups in total. The maximum atomic E-state index is 11.2. The molecule has 6 heteroatoms. The first-order valence-electron chi connectivity index (χ1n) is 3.88. The summed E-state index contributed by atoms with van der Waals surface area (Å²) in [4.78, 5) is 3.72. The molecular weight excluding hydrogens is 224 g/mol. The van der Waals surface area contributed by atoms with Crippen molar-refractivity contribution in [2.45, 2.75) is 24.5 Å². The first-order chi connectivity index (χ1) is 6.21. The lowest BCUT2D eigenvalue weighted by atomic mass is 10.0. The fourth-order valence-corrected chi connectivity index (χ4v) is 1.66. The van der Waals surface area contributed by atoms with Crippen molar-refractivity contribution in [3.63, 3.8) is 0 Å². The second-order valence-electron chi connectivity index (χ2n) is 3.43. The normalized spacial score (nSPS) is 16.3. The van der Waals surface area contributed by atoms with E-state index in [0.29, 0.717) is 5.56 Å². The number of hydrogen-bond acceptors (Lipinski definition) is 4. The maximum Gasteiger partial charge on any atom is 0.174 e. The van der Waals surface area contributed by atoms with Gasteiger partial charge >= 0.3 is 0 Å². The Hall–Kier alpha value is -0.650. The predicted octanol–water partition coefficient (Wildman–Crippen LogP) is 1.87. The van der Waals surface area contributed by atoms with E-state index in [1.165, 1.54) is 12.3 Å². The van der Waals surface area contributed by atoms with Gasteiger partial charge in [-0.1, -0.05) is 0 Å². The summed E-state index contributed by atoms with van der Waals surface area (Å²) in [6, 6.07) is 2.97. The largest absolute Gasteiger partial charge is 0.386 e. The fraction of sp³-hybridized carbons (Fsp3) is 0.375. The van der Waals surface area contributed by atoms with Gasteiger partial charge in [0.05, 0.1) is 5.60 Å². The monoisotopic (exact) mass is 234 g/mol. The summed E-state index contributed by atoms with van der Waals surface area (Å²) in [6.07, 6.45) is 1.37. The van der Waals surface area contributed by atoms with Gasteiger partial charge in [0.15, 0.2) is 14.0 Å². The van der Waals surface area contributed by atoms with Gasteiger partial charge in [-0.2, -0.15) is 0 Å². The highest BCUT2D eigenvalue weighted by Gasteiger charge is 2.18. The molecule has 0 saturated heterocycles. The Morgan fingerprint density at radius 1 is 1.64 bits per heavy atom. The number of nitrogens with zero attached hydrogens (tertiary/aromatic N) is 1. The zero-order valence-electron chi connectivity index (χ0n) is 7.82. The minimum Gasteiger partial charge on any atom is -0.386 e. The highest BCUT2D eigenvalue weighted by molar-refractivity contribution is 8.14. The van der Waals surface area contributed by atoms with E-state index in [1.54, 1.807) is 19.9 Å². The molecule has 0 spiro atoms. The van der Waals surface area contributed by atoms with Gasteiger partial charge in [0.1, 0.15) is 0 Å². The van der Waals surface area contributed by atoms with Crippen LogP contribution in [-0.2, 0) is 14.5 Å². The number of aliphatic hydroxyl groups is 1. The van der Waals surface area contributed by atoms with Crippen molar-refractivity contribution in [1.82, 2.24) is 4.98 Å². The summed E-state index contributed by atoms with van der Waals surface area (Å²) in [7, 11) is 2.00. The minimum absolute atomic E-state index is 0.0289. The van der Waals surface area contributed by atoms with Gasteiger partial charge in [0.25, 0.3) is 0 Å². The Kier molecular flexibility index (Phi) is 2.85. The average Bonchev–Trinajstić information content (AvgIpc) is 2.01. The van der Waals surface area contributed by atoms with E-state index in [2.05, 4.69) is 4.98 Å². The summed E-state index contributed by atoms with van der Waals surface area (Å²) in [5.74, 6) is 0. The van der Waals surface area contributed by atoms with E-state index >= 15 is 0 Å². The van der Waals surface area contributed by atoms with E-state index < -0.39 is 14.5 Å². The average molecular weight is 235 g/mol. The molecule has 1 heterocycles. The molecule has 0 aromatic carbocycles. The van der Waals surface area contributed by atoms with Crippen LogP contribution in [0.4, 0.5) is 0 Å². The predicted molar refractivity (Wildman–Crippen MR) is 54.5 cm³/mol. The van der Waals surface area contributed by atoms with Crippen molar-refractivity contribution < 1.29 is 9.32 Å². The van der Waals surface area contributed by atoms with Gasteiger partial charge in [0.2, 0.25) is 0 Å². The van der Waals surface area contributed by atoms with Crippen LogP contribution in [0.3, 0.4) is 0 Å². The third-order valence-electron chi connectivity index (χ3n) is 1.71. The molecule has 1 unspecified atom stereocenters. The van der Waals surface area contributed by atoms with Crippen LogP contribution >= 0.6 is 10.7 Å². The Bertz CT molecular complexity index is 437. The van der Waals surface area contributed by atoms with Crippen LogP contribution in [0.1, 0.15) is 19.4 Å². The van der Waals surface area contributed by atoms with Crippen molar-refractivity contribution in [2.75, 3.05) is 0 Å². The van der Waals surface area contributed by atoms with Crippen LogP contribution in [0.15, 0.2) is 23.4 Å². The lowest BCUT2D eigenvalue weighted by Gasteiger charge is -2.17. The molecule has 1 aromatic rings. The topological polar surface area (TPSA) is 74.0 Å². The van der Waals surface area contributed by atoms with Gasteiger partial charge in [-0.05, 0) is 31.5 Å². The minimum atomic E-state index is -3.34. The zero-order chi connectivity index (χ0) is 11.0. The zero-order valence-corrected chi connectivity index (χ0v) is 9.39. The Labute approximate surface area is 87.4 Å². The summed E-state index contributed by atoms with van der Waals surface area (Å²) in [5, 5.41) is 9.63. The summed E-state index contributed by atoms with van der Waals surface area (Å²) in [5.41, 5.74) is -0.526. The molecule has 0 amide bonds. The highest BCUT2D eigenvalue weighted by Crippen LogP contribution is 2.22. The molecule has 1 atom stereocenters. The standard InChI is InChI=1S/C8H11ClN2O2S/c1-8(2,12)6-3-4-11-7(5-6)14(9,10)13/h3-5,10,12H,1-2H3. The van der Waals surface area contributed by atoms with Crippen LogP contribution in [0.2, 0.25) is 0 Å². The lowest BCUT2D eigenvalue weighted by Crippen LogP contribution is -2.16. The first-order valence-corrected chi connectivity index (χ1v) is 6.27. The third kappa shape index (κ3) is 2.67. The summed E-state index contributed by atoms with van der Waals surface area (Å²) >= 11 is 0. The second kappa shape index (κ2) is 3.49. The number of hydrogen-bond donors (Lipinski definition) is 2. The Morgan fingerprint density at radius 3 is 2.64 bits per heavy atom. The molecule has 0 aliphatic rings. The van der Waals surface area contributed by atoms with Crippen LogP contribution in [0.5, 0.6) is 0 Å². The SMILES string of the molecule is CC(C)(O)c1ccnc(S(=N)(=O)Cl)c1. The van der Waals surface area contributed by atoms with Crippen molar-refractivity contribution in [3.8, 4) is 0 Å². The number of aromatic nitrogens is 1. The molecule has 0 bridgehead atoms.